The average molecular weight is 253 g/mol. The van der Waals surface area contributed by atoms with Gasteiger partial charge in [-0.1, -0.05) is 0 Å². The van der Waals surface area contributed by atoms with Crippen molar-refractivity contribution in [2.75, 3.05) is 26.2 Å². The number of nitrogens with one attached hydrogen (secondary N) is 1. The molecule has 3 fully saturated rings. The zero-order valence-corrected chi connectivity index (χ0v) is 10.3. The number of carboxylic acid groups (broad SMARTS) is 1. The van der Waals surface area contributed by atoms with Gasteiger partial charge in [-0.3, -0.25) is 4.79 Å². The van der Waals surface area contributed by atoms with E-state index in [1.54, 1.807) is 0 Å². The Morgan fingerprint density at radius 1 is 1.28 bits per heavy atom. The Kier molecular flexibility index (Phi) is 2.89. The van der Waals surface area contributed by atoms with E-state index in [0.29, 0.717) is 12.8 Å². The summed E-state index contributed by atoms with van der Waals surface area (Å²) in [5.41, 5.74) is 0. The van der Waals surface area contributed by atoms with Crippen LogP contribution in [0.4, 0.5) is 4.79 Å². The van der Waals surface area contributed by atoms with Crippen LogP contribution < -0.4 is 5.32 Å². The van der Waals surface area contributed by atoms with Gasteiger partial charge in [-0.05, 0) is 19.3 Å². The molecule has 2 heterocycles. The molecule has 2 unspecified atom stereocenters. The molecule has 2 N–H and O–H groups in total. The number of rotatable bonds is 2. The number of hydrogen-bond acceptors (Lipinski definition) is 3. The number of aliphatic carboxylic acids is 1. The smallest absolute Gasteiger partial charge is 0.320 e. The molecule has 0 aromatic heterocycles. The van der Waals surface area contributed by atoms with Crippen molar-refractivity contribution < 1.29 is 14.7 Å². The summed E-state index contributed by atoms with van der Waals surface area (Å²) >= 11 is 0. The largest absolute Gasteiger partial charge is 0.481 e. The lowest BCUT2D eigenvalue weighted by Crippen LogP contribution is -2.50. The van der Waals surface area contributed by atoms with Crippen molar-refractivity contribution in [2.24, 2.45) is 5.92 Å². The molecular formula is C12H19N3O3. The van der Waals surface area contributed by atoms with Gasteiger partial charge in [0.05, 0.1) is 12.0 Å². The number of nitrogens with zero attached hydrogens (tertiary/aromatic N) is 2. The van der Waals surface area contributed by atoms with Gasteiger partial charge in [0.25, 0.3) is 0 Å². The van der Waals surface area contributed by atoms with Crippen LogP contribution in [0.2, 0.25) is 0 Å². The molecule has 0 radical (unpaired) electrons. The molecule has 3 rings (SSSR count). The maximum absolute atomic E-state index is 12.3. The molecule has 0 aromatic carbocycles. The van der Waals surface area contributed by atoms with Gasteiger partial charge in [0, 0.05) is 32.2 Å². The number of piperazine rings is 1. The minimum Gasteiger partial charge on any atom is -0.481 e. The lowest BCUT2D eigenvalue weighted by Gasteiger charge is -2.28. The highest BCUT2D eigenvalue weighted by atomic mass is 16.4. The second-order valence-corrected chi connectivity index (χ2v) is 5.49. The number of hydrogen-bond donors (Lipinski definition) is 2. The first-order valence-corrected chi connectivity index (χ1v) is 6.67. The molecule has 0 bridgehead atoms. The Balaban J connectivity index is 1.67. The van der Waals surface area contributed by atoms with Crippen molar-refractivity contribution in [1.82, 2.24) is 15.1 Å². The summed E-state index contributed by atoms with van der Waals surface area (Å²) in [5, 5.41) is 12.3. The Labute approximate surface area is 106 Å². The van der Waals surface area contributed by atoms with Gasteiger partial charge in [0.1, 0.15) is 0 Å². The summed E-state index contributed by atoms with van der Waals surface area (Å²) in [7, 11) is 0. The van der Waals surface area contributed by atoms with Crippen LogP contribution in [0.15, 0.2) is 0 Å². The van der Waals surface area contributed by atoms with E-state index in [1.807, 2.05) is 9.80 Å². The fourth-order valence-electron chi connectivity index (χ4n) is 3.42. The first-order chi connectivity index (χ1) is 8.66. The van der Waals surface area contributed by atoms with E-state index in [1.165, 1.54) is 0 Å². The van der Waals surface area contributed by atoms with Crippen molar-refractivity contribution in [3.05, 3.63) is 0 Å². The minimum atomic E-state index is -0.719. The standard InChI is InChI=1S/C12H19N3O3/c16-11(17)8-1-2-9(5-8)15-7-10-6-13-3-4-14(10)12(15)18/h8-10,13H,1-7H2,(H,16,17)/t8?,9?,10-/m0/s1. The monoisotopic (exact) mass is 253 g/mol. The maximum atomic E-state index is 12.3. The number of carboxylic acids is 1. The van der Waals surface area contributed by atoms with Crippen molar-refractivity contribution in [3.63, 3.8) is 0 Å². The van der Waals surface area contributed by atoms with Crippen LogP contribution in [0.1, 0.15) is 19.3 Å². The van der Waals surface area contributed by atoms with Gasteiger partial charge in [-0.2, -0.15) is 0 Å². The van der Waals surface area contributed by atoms with Crippen LogP contribution in [0.3, 0.4) is 0 Å². The van der Waals surface area contributed by atoms with E-state index in [0.717, 1.165) is 32.6 Å². The molecule has 0 aromatic rings. The highest BCUT2D eigenvalue weighted by Gasteiger charge is 2.44. The molecule has 1 aliphatic carbocycles. The van der Waals surface area contributed by atoms with Gasteiger partial charge in [-0.15, -0.1) is 0 Å². The van der Waals surface area contributed by atoms with Crippen LogP contribution in [-0.2, 0) is 4.79 Å². The van der Waals surface area contributed by atoms with Gasteiger partial charge < -0.3 is 20.2 Å². The fraction of sp³-hybridized carbons (Fsp3) is 0.833. The van der Waals surface area contributed by atoms with Gasteiger partial charge in [0.2, 0.25) is 0 Å². The Morgan fingerprint density at radius 3 is 2.78 bits per heavy atom. The highest BCUT2D eigenvalue weighted by Crippen LogP contribution is 2.32. The summed E-state index contributed by atoms with van der Waals surface area (Å²) in [6, 6.07) is 0.511. The summed E-state index contributed by atoms with van der Waals surface area (Å²) in [5.74, 6) is -0.984. The number of carbonyl (C=O) groups is 2. The van der Waals surface area contributed by atoms with Gasteiger partial charge in [0.15, 0.2) is 0 Å². The van der Waals surface area contributed by atoms with Crippen LogP contribution in [-0.4, -0.2) is 65.2 Å². The van der Waals surface area contributed by atoms with Crippen molar-refractivity contribution in [3.8, 4) is 0 Å². The minimum absolute atomic E-state index is 0.109. The van der Waals surface area contributed by atoms with Crippen molar-refractivity contribution in [1.29, 1.82) is 0 Å². The van der Waals surface area contributed by atoms with Crippen LogP contribution >= 0.6 is 0 Å². The number of urea groups is 1. The van der Waals surface area contributed by atoms with E-state index in [2.05, 4.69) is 5.32 Å². The zero-order chi connectivity index (χ0) is 12.7. The normalized spacial score (nSPS) is 36.0. The van der Waals surface area contributed by atoms with Crippen LogP contribution in [0.25, 0.3) is 0 Å². The SMILES string of the molecule is O=C(O)C1CCC(N2C[C@@H]3CNCCN3C2=O)C1. The van der Waals surface area contributed by atoms with Crippen molar-refractivity contribution in [2.45, 2.75) is 31.3 Å². The molecule has 2 saturated heterocycles. The lowest BCUT2D eigenvalue weighted by atomic mass is 10.1. The summed E-state index contributed by atoms with van der Waals surface area (Å²) < 4.78 is 0. The molecule has 100 valence electrons. The number of fused-ring (bicyclic) bond motifs is 1. The van der Waals surface area contributed by atoms with E-state index in [4.69, 9.17) is 5.11 Å². The van der Waals surface area contributed by atoms with Gasteiger partial charge in [-0.25, -0.2) is 4.79 Å². The summed E-state index contributed by atoms with van der Waals surface area (Å²) in [4.78, 5) is 27.1. The third-order valence-electron chi connectivity index (χ3n) is 4.44. The quantitative estimate of drug-likeness (QED) is 0.723. The Hall–Kier alpha value is -1.30. The second-order valence-electron chi connectivity index (χ2n) is 5.49. The summed E-state index contributed by atoms with van der Waals surface area (Å²) in [6.45, 7) is 3.24. The van der Waals surface area contributed by atoms with E-state index < -0.39 is 5.97 Å². The molecule has 6 nitrogen and oxygen atoms in total. The van der Waals surface area contributed by atoms with E-state index in [-0.39, 0.29) is 24.0 Å². The first kappa shape index (κ1) is 11.8. The van der Waals surface area contributed by atoms with Crippen molar-refractivity contribution >= 4 is 12.0 Å². The van der Waals surface area contributed by atoms with E-state index >= 15 is 0 Å². The molecule has 3 atom stereocenters. The zero-order valence-electron chi connectivity index (χ0n) is 10.3. The molecule has 2 aliphatic heterocycles. The Morgan fingerprint density at radius 2 is 2.11 bits per heavy atom. The highest BCUT2D eigenvalue weighted by molar-refractivity contribution is 5.78. The molecule has 0 spiro atoms. The third kappa shape index (κ3) is 1.84. The molecular weight excluding hydrogens is 234 g/mol. The molecule has 6 heteroatoms. The number of carbonyl (C=O) groups excluding carboxylic acids is 1. The predicted molar refractivity (Wildman–Crippen MR) is 64.2 cm³/mol. The fourth-order valence-corrected chi connectivity index (χ4v) is 3.42. The summed E-state index contributed by atoms with van der Waals surface area (Å²) in [6.07, 6.45) is 2.15. The molecule has 1 saturated carbocycles. The predicted octanol–water partition coefficient (Wildman–Crippen LogP) is -0.0509. The molecule has 18 heavy (non-hydrogen) atoms. The average Bonchev–Trinajstić information content (AvgIpc) is 2.95. The lowest BCUT2D eigenvalue weighted by molar-refractivity contribution is -0.141. The third-order valence-corrected chi connectivity index (χ3v) is 4.44. The molecule has 3 aliphatic rings. The van der Waals surface area contributed by atoms with Gasteiger partial charge >= 0.3 is 12.0 Å². The molecule has 2 amide bonds. The first-order valence-electron chi connectivity index (χ1n) is 6.67. The van der Waals surface area contributed by atoms with Crippen LogP contribution in [0, 0.1) is 5.92 Å². The Bertz CT molecular complexity index is 374. The number of amides is 2. The second kappa shape index (κ2) is 4.42. The maximum Gasteiger partial charge on any atom is 0.320 e. The van der Waals surface area contributed by atoms with Crippen LogP contribution in [0.5, 0.6) is 0 Å². The topological polar surface area (TPSA) is 72.9 Å². The van der Waals surface area contributed by atoms with E-state index in [9.17, 15) is 9.59 Å².